The fourth-order valence-electron chi connectivity index (χ4n) is 3.60. The second kappa shape index (κ2) is 9.30. The van der Waals surface area contributed by atoms with Gasteiger partial charge in [0.1, 0.15) is 6.26 Å². The monoisotopic (exact) mass is 439 g/mol. The van der Waals surface area contributed by atoms with Crippen molar-refractivity contribution in [3.63, 3.8) is 0 Å². The number of carbonyl (C=O) groups excluding carboxylic acids is 2. The van der Waals surface area contributed by atoms with Crippen molar-refractivity contribution in [2.45, 2.75) is 31.7 Å². The average Bonchev–Trinajstić information content (AvgIpc) is 3.34. The SMILES string of the molecule is O=C(c1coc(-c2ccc(CNC(=O)C(F)(F)c3ccccc3)cc2)n1)N1CCCCC1. The lowest BCUT2D eigenvalue weighted by Gasteiger charge is -2.25. The van der Waals surface area contributed by atoms with Gasteiger partial charge in [-0.2, -0.15) is 8.78 Å². The Hall–Kier alpha value is -3.55. The molecule has 166 valence electrons. The molecule has 4 rings (SSSR count). The van der Waals surface area contributed by atoms with Gasteiger partial charge in [-0.1, -0.05) is 42.5 Å². The number of hydrogen-bond donors (Lipinski definition) is 1. The smallest absolute Gasteiger partial charge is 0.349 e. The third kappa shape index (κ3) is 4.69. The van der Waals surface area contributed by atoms with Gasteiger partial charge >= 0.3 is 5.92 Å². The summed E-state index contributed by atoms with van der Waals surface area (Å²) >= 11 is 0. The average molecular weight is 439 g/mol. The van der Waals surface area contributed by atoms with Crippen LogP contribution in [0, 0.1) is 0 Å². The first kappa shape index (κ1) is 21.7. The zero-order chi connectivity index (χ0) is 22.6. The van der Waals surface area contributed by atoms with E-state index in [4.69, 9.17) is 4.42 Å². The highest BCUT2D eigenvalue weighted by Crippen LogP contribution is 2.28. The molecular weight excluding hydrogens is 416 g/mol. The summed E-state index contributed by atoms with van der Waals surface area (Å²) in [4.78, 5) is 30.6. The van der Waals surface area contributed by atoms with Crippen LogP contribution in [0.25, 0.3) is 11.5 Å². The van der Waals surface area contributed by atoms with Gasteiger partial charge in [-0.15, -0.1) is 0 Å². The maximum atomic E-state index is 14.3. The minimum atomic E-state index is -3.61. The Morgan fingerprint density at radius 1 is 1.00 bits per heavy atom. The quantitative estimate of drug-likeness (QED) is 0.619. The molecule has 0 spiro atoms. The number of likely N-dealkylation sites (tertiary alicyclic amines) is 1. The third-order valence-electron chi connectivity index (χ3n) is 5.44. The molecule has 0 radical (unpaired) electrons. The van der Waals surface area contributed by atoms with Crippen LogP contribution in [-0.4, -0.2) is 34.8 Å². The van der Waals surface area contributed by atoms with Crippen LogP contribution >= 0.6 is 0 Å². The van der Waals surface area contributed by atoms with E-state index < -0.39 is 11.8 Å². The van der Waals surface area contributed by atoms with Crippen LogP contribution < -0.4 is 5.32 Å². The second-order valence-corrected chi connectivity index (χ2v) is 7.71. The molecule has 0 bridgehead atoms. The van der Waals surface area contributed by atoms with Crippen molar-refractivity contribution in [2.75, 3.05) is 13.1 Å². The summed E-state index contributed by atoms with van der Waals surface area (Å²) in [5.74, 6) is -4.81. The zero-order valence-corrected chi connectivity index (χ0v) is 17.4. The van der Waals surface area contributed by atoms with Crippen LogP contribution in [0.2, 0.25) is 0 Å². The van der Waals surface area contributed by atoms with E-state index in [2.05, 4.69) is 10.3 Å². The van der Waals surface area contributed by atoms with Crippen LogP contribution in [0.5, 0.6) is 0 Å². The molecule has 1 N–H and O–H groups in total. The molecule has 1 fully saturated rings. The van der Waals surface area contributed by atoms with Gasteiger partial charge in [0.05, 0.1) is 0 Å². The van der Waals surface area contributed by atoms with E-state index in [1.54, 1.807) is 35.2 Å². The predicted molar refractivity (Wildman–Crippen MR) is 114 cm³/mol. The maximum absolute atomic E-state index is 14.3. The summed E-state index contributed by atoms with van der Waals surface area (Å²) in [6.45, 7) is 1.40. The number of oxazole rings is 1. The maximum Gasteiger partial charge on any atom is 0.349 e. The fourth-order valence-corrected chi connectivity index (χ4v) is 3.60. The van der Waals surface area contributed by atoms with Crippen LogP contribution in [0.4, 0.5) is 8.78 Å². The lowest BCUT2D eigenvalue weighted by Crippen LogP contribution is -2.37. The topological polar surface area (TPSA) is 75.4 Å². The molecule has 6 nitrogen and oxygen atoms in total. The summed E-state index contributed by atoms with van der Waals surface area (Å²) in [6.07, 6.45) is 4.47. The molecule has 0 unspecified atom stereocenters. The first-order valence-electron chi connectivity index (χ1n) is 10.5. The van der Waals surface area contributed by atoms with Gasteiger partial charge in [0, 0.05) is 30.8 Å². The molecule has 0 aliphatic carbocycles. The Bertz CT molecular complexity index is 1080. The predicted octanol–water partition coefficient (Wildman–Crippen LogP) is 4.38. The largest absolute Gasteiger partial charge is 0.444 e. The number of nitrogens with zero attached hydrogens (tertiary/aromatic N) is 2. The van der Waals surface area contributed by atoms with Gasteiger partial charge in [-0.25, -0.2) is 4.98 Å². The van der Waals surface area contributed by atoms with Gasteiger partial charge in [-0.05, 0) is 37.0 Å². The summed E-state index contributed by atoms with van der Waals surface area (Å²) in [6, 6.07) is 13.8. The number of piperidine rings is 1. The van der Waals surface area contributed by atoms with E-state index >= 15 is 0 Å². The van der Waals surface area contributed by atoms with E-state index in [0.29, 0.717) is 17.0 Å². The van der Waals surface area contributed by atoms with Crippen LogP contribution in [0.15, 0.2) is 65.3 Å². The standard InChI is InChI=1S/C24H23F2N3O3/c25-24(26,19-7-3-1-4-8-19)23(31)27-15-17-9-11-18(12-10-17)21-28-20(16-32-21)22(30)29-13-5-2-6-14-29/h1,3-4,7-12,16H,2,5-6,13-15H2,(H,27,31). The molecule has 1 aliphatic heterocycles. The molecule has 8 heteroatoms. The summed E-state index contributed by atoms with van der Waals surface area (Å²) in [5.41, 5.74) is 1.20. The highest BCUT2D eigenvalue weighted by atomic mass is 19.3. The van der Waals surface area contributed by atoms with Crippen molar-refractivity contribution < 1.29 is 22.8 Å². The molecule has 2 amide bonds. The number of carbonyl (C=O) groups is 2. The van der Waals surface area contributed by atoms with Crippen LogP contribution in [-0.2, 0) is 17.3 Å². The Kier molecular flexibility index (Phi) is 6.30. The normalized spacial score (nSPS) is 14.2. The van der Waals surface area contributed by atoms with E-state index in [0.717, 1.165) is 32.4 Å². The van der Waals surface area contributed by atoms with Crippen molar-refractivity contribution in [3.8, 4) is 11.5 Å². The molecule has 0 saturated carbocycles. The molecular formula is C24H23F2N3O3. The van der Waals surface area contributed by atoms with E-state index in [1.807, 2.05) is 0 Å². The van der Waals surface area contributed by atoms with E-state index in [-0.39, 0.29) is 23.7 Å². The molecule has 1 aromatic heterocycles. The summed E-state index contributed by atoms with van der Waals surface area (Å²) in [7, 11) is 0. The van der Waals surface area contributed by atoms with Gasteiger partial charge < -0.3 is 14.6 Å². The number of benzene rings is 2. The first-order chi connectivity index (χ1) is 15.4. The van der Waals surface area contributed by atoms with Gasteiger partial charge in [-0.3, -0.25) is 9.59 Å². The Morgan fingerprint density at radius 2 is 1.69 bits per heavy atom. The van der Waals surface area contributed by atoms with Gasteiger partial charge in [0.25, 0.3) is 11.8 Å². The Labute approximate surface area is 184 Å². The minimum absolute atomic E-state index is 0.0498. The Morgan fingerprint density at radius 3 is 2.38 bits per heavy atom. The van der Waals surface area contributed by atoms with Crippen molar-refractivity contribution in [2.24, 2.45) is 0 Å². The van der Waals surface area contributed by atoms with Crippen LogP contribution in [0.3, 0.4) is 0 Å². The molecule has 1 aliphatic rings. The summed E-state index contributed by atoms with van der Waals surface area (Å²) in [5, 5.41) is 2.27. The number of amides is 2. The fraction of sp³-hybridized carbons (Fsp3) is 0.292. The van der Waals surface area contributed by atoms with Gasteiger partial charge in [0.15, 0.2) is 5.69 Å². The molecule has 2 aromatic carbocycles. The molecule has 2 heterocycles. The van der Waals surface area contributed by atoms with Crippen molar-refractivity contribution in [1.29, 1.82) is 0 Å². The lowest BCUT2D eigenvalue weighted by molar-refractivity contribution is -0.147. The first-order valence-corrected chi connectivity index (χ1v) is 10.5. The second-order valence-electron chi connectivity index (χ2n) is 7.71. The van der Waals surface area contributed by atoms with E-state index in [9.17, 15) is 18.4 Å². The minimum Gasteiger partial charge on any atom is -0.444 e. The number of rotatable bonds is 6. The molecule has 3 aromatic rings. The Balaban J connectivity index is 1.37. The number of hydrogen-bond acceptors (Lipinski definition) is 4. The van der Waals surface area contributed by atoms with Crippen molar-refractivity contribution in [1.82, 2.24) is 15.2 Å². The number of aromatic nitrogens is 1. The number of alkyl halides is 2. The molecule has 0 atom stereocenters. The third-order valence-corrected chi connectivity index (χ3v) is 5.44. The lowest BCUT2D eigenvalue weighted by atomic mass is 10.1. The van der Waals surface area contributed by atoms with Crippen LogP contribution in [0.1, 0.15) is 40.9 Å². The molecule has 1 saturated heterocycles. The number of nitrogens with one attached hydrogen (secondary N) is 1. The highest BCUT2D eigenvalue weighted by Gasteiger charge is 2.40. The summed E-state index contributed by atoms with van der Waals surface area (Å²) < 4.78 is 34.0. The zero-order valence-electron chi connectivity index (χ0n) is 17.4. The van der Waals surface area contributed by atoms with E-state index in [1.165, 1.54) is 30.5 Å². The molecule has 32 heavy (non-hydrogen) atoms. The van der Waals surface area contributed by atoms with Crippen molar-refractivity contribution >= 4 is 11.8 Å². The highest BCUT2D eigenvalue weighted by molar-refractivity contribution is 5.92. The van der Waals surface area contributed by atoms with Gasteiger partial charge in [0.2, 0.25) is 5.89 Å². The number of halogens is 2. The van der Waals surface area contributed by atoms with Crippen molar-refractivity contribution in [3.05, 3.63) is 77.7 Å².